The number of ether oxygens (including phenoxy) is 1. The van der Waals surface area contributed by atoms with Gasteiger partial charge in [-0.25, -0.2) is 14.8 Å². The van der Waals surface area contributed by atoms with Gasteiger partial charge in [-0.05, 0) is 24.3 Å². The lowest BCUT2D eigenvalue weighted by molar-refractivity contribution is 0.0697. The zero-order chi connectivity index (χ0) is 17.3. The minimum absolute atomic E-state index is 0.134. The van der Waals surface area contributed by atoms with Crippen LogP contribution in [0.4, 0.5) is 5.13 Å². The highest BCUT2D eigenvalue weighted by Crippen LogP contribution is 2.27. The second kappa shape index (κ2) is 6.42. The normalized spacial score (nSPS) is 10.6. The number of nitrogens with one attached hydrogen (secondary N) is 1. The Bertz CT molecular complexity index is 957. The summed E-state index contributed by atoms with van der Waals surface area (Å²) in [5, 5.41) is 12.1. The van der Waals surface area contributed by atoms with Crippen molar-refractivity contribution in [2.24, 2.45) is 0 Å². The number of aromatic carboxylic acids is 1. The van der Waals surface area contributed by atoms with Crippen LogP contribution in [0.2, 0.25) is 5.15 Å². The lowest BCUT2D eigenvalue weighted by atomic mass is 10.2. The smallest absolute Gasteiger partial charge is 0.335 e. The average molecular weight is 364 g/mol. The molecule has 9 heteroatoms. The third-order valence-corrected chi connectivity index (χ3v) is 4.24. The summed E-state index contributed by atoms with van der Waals surface area (Å²) in [5.41, 5.74) is 0.911. The summed E-state index contributed by atoms with van der Waals surface area (Å²) in [6.45, 7) is 0. The van der Waals surface area contributed by atoms with Gasteiger partial charge in [0, 0.05) is 11.6 Å². The number of methoxy groups -OCH3 is 1. The third-order valence-electron chi connectivity index (χ3n) is 3.10. The highest BCUT2D eigenvalue weighted by molar-refractivity contribution is 7.22. The molecule has 1 amide bonds. The number of amides is 1. The molecule has 3 aromatic rings. The summed E-state index contributed by atoms with van der Waals surface area (Å²) < 4.78 is 5.74. The SMILES string of the molecule is COc1cc(C(=O)Nc2nc3cc(C(=O)O)ccc3s2)cc(Cl)n1. The quantitative estimate of drug-likeness (QED) is 0.689. The van der Waals surface area contributed by atoms with Crippen molar-refractivity contribution in [1.82, 2.24) is 9.97 Å². The first-order chi connectivity index (χ1) is 11.5. The lowest BCUT2D eigenvalue weighted by Crippen LogP contribution is -2.12. The Morgan fingerprint density at radius 2 is 2.00 bits per heavy atom. The standard InChI is InChI=1S/C15H10ClN3O4S/c1-23-12-6-8(5-11(16)18-12)13(20)19-15-17-9-4-7(14(21)22)2-3-10(9)24-15/h2-6H,1H3,(H,21,22)(H,17,19,20). The maximum Gasteiger partial charge on any atom is 0.335 e. The van der Waals surface area contributed by atoms with Gasteiger partial charge in [0.1, 0.15) is 5.15 Å². The molecule has 1 aromatic carbocycles. The number of anilines is 1. The molecule has 122 valence electrons. The minimum atomic E-state index is -1.03. The number of carbonyl (C=O) groups is 2. The van der Waals surface area contributed by atoms with E-state index in [-0.39, 0.29) is 22.2 Å². The summed E-state index contributed by atoms with van der Waals surface area (Å²) in [7, 11) is 1.42. The molecule has 0 saturated carbocycles. The van der Waals surface area contributed by atoms with E-state index in [0.717, 1.165) is 4.70 Å². The molecule has 0 saturated heterocycles. The van der Waals surface area contributed by atoms with Crippen LogP contribution < -0.4 is 10.1 Å². The van der Waals surface area contributed by atoms with Gasteiger partial charge >= 0.3 is 5.97 Å². The summed E-state index contributed by atoms with van der Waals surface area (Å²) >= 11 is 7.09. The topological polar surface area (TPSA) is 101 Å². The first kappa shape index (κ1) is 16.2. The van der Waals surface area contributed by atoms with Gasteiger partial charge in [-0.3, -0.25) is 10.1 Å². The van der Waals surface area contributed by atoms with E-state index < -0.39 is 11.9 Å². The average Bonchev–Trinajstić information content (AvgIpc) is 2.95. The van der Waals surface area contributed by atoms with Crippen molar-refractivity contribution >= 4 is 50.2 Å². The molecule has 0 radical (unpaired) electrons. The van der Waals surface area contributed by atoms with E-state index in [1.807, 2.05) is 0 Å². The predicted molar refractivity (Wildman–Crippen MR) is 90.3 cm³/mol. The molecule has 0 bridgehead atoms. The Hall–Kier alpha value is -2.71. The fourth-order valence-electron chi connectivity index (χ4n) is 1.99. The number of thiazole rings is 1. The number of carboxylic acids is 1. The molecule has 2 N–H and O–H groups in total. The Morgan fingerprint density at radius 3 is 2.71 bits per heavy atom. The molecule has 0 aliphatic heterocycles. The Kier molecular flexibility index (Phi) is 4.32. The van der Waals surface area contributed by atoms with Gasteiger partial charge in [0.15, 0.2) is 5.13 Å². The van der Waals surface area contributed by atoms with Crippen molar-refractivity contribution < 1.29 is 19.4 Å². The highest BCUT2D eigenvalue weighted by Gasteiger charge is 2.13. The Morgan fingerprint density at radius 1 is 1.21 bits per heavy atom. The highest BCUT2D eigenvalue weighted by atomic mass is 35.5. The largest absolute Gasteiger partial charge is 0.481 e. The second-order valence-electron chi connectivity index (χ2n) is 4.68. The molecule has 24 heavy (non-hydrogen) atoms. The van der Waals surface area contributed by atoms with Crippen LogP contribution in [0.5, 0.6) is 5.88 Å². The zero-order valence-electron chi connectivity index (χ0n) is 12.2. The van der Waals surface area contributed by atoms with Gasteiger partial charge in [0.25, 0.3) is 5.91 Å². The summed E-state index contributed by atoms with van der Waals surface area (Å²) in [6.07, 6.45) is 0. The van der Waals surface area contributed by atoms with Crippen LogP contribution in [-0.4, -0.2) is 34.1 Å². The van der Waals surface area contributed by atoms with Crippen molar-refractivity contribution in [3.05, 3.63) is 46.6 Å². The van der Waals surface area contributed by atoms with E-state index in [2.05, 4.69) is 15.3 Å². The number of pyridine rings is 1. The number of benzene rings is 1. The van der Waals surface area contributed by atoms with E-state index in [1.165, 1.54) is 42.7 Å². The van der Waals surface area contributed by atoms with Gasteiger partial charge in [0.05, 0.1) is 22.9 Å². The van der Waals surface area contributed by atoms with E-state index in [0.29, 0.717) is 10.6 Å². The molecule has 0 fully saturated rings. The Balaban J connectivity index is 1.87. The molecule has 2 heterocycles. The maximum atomic E-state index is 12.3. The second-order valence-corrected chi connectivity index (χ2v) is 6.10. The monoisotopic (exact) mass is 363 g/mol. The van der Waals surface area contributed by atoms with Crippen LogP contribution in [0.3, 0.4) is 0 Å². The molecule has 0 unspecified atom stereocenters. The zero-order valence-corrected chi connectivity index (χ0v) is 13.8. The van der Waals surface area contributed by atoms with Gasteiger partial charge in [-0.1, -0.05) is 22.9 Å². The van der Waals surface area contributed by atoms with Crippen LogP contribution in [0, 0.1) is 0 Å². The first-order valence-corrected chi connectivity index (χ1v) is 7.82. The molecule has 2 aromatic heterocycles. The van der Waals surface area contributed by atoms with Gasteiger partial charge in [0.2, 0.25) is 5.88 Å². The maximum absolute atomic E-state index is 12.3. The molecule has 0 spiro atoms. The molecule has 0 atom stereocenters. The lowest BCUT2D eigenvalue weighted by Gasteiger charge is -2.04. The number of hydrogen-bond donors (Lipinski definition) is 2. The third kappa shape index (κ3) is 3.29. The van der Waals surface area contributed by atoms with Crippen LogP contribution >= 0.6 is 22.9 Å². The van der Waals surface area contributed by atoms with Crippen LogP contribution in [0.25, 0.3) is 10.2 Å². The summed E-state index contributed by atoms with van der Waals surface area (Å²) in [5.74, 6) is -1.23. The first-order valence-electron chi connectivity index (χ1n) is 6.63. The van der Waals surface area contributed by atoms with Crippen molar-refractivity contribution in [3.63, 3.8) is 0 Å². The number of nitrogens with zero attached hydrogens (tertiary/aromatic N) is 2. The van der Waals surface area contributed by atoms with E-state index >= 15 is 0 Å². The number of aromatic nitrogens is 2. The Labute approximate surface area is 144 Å². The number of fused-ring (bicyclic) bond motifs is 1. The predicted octanol–water partition coefficient (Wildman–Crippen LogP) is 3.30. The number of carbonyl (C=O) groups excluding carboxylic acids is 1. The van der Waals surface area contributed by atoms with Gasteiger partial charge < -0.3 is 9.84 Å². The molecule has 7 nitrogen and oxygen atoms in total. The molecule has 3 rings (SSSR count). The fourth-order valence-corrected chi connectivity index (χ4v) is 3.03. The van der Waals surface area contributed by atoms with Crippen molar-refractivity contribution in [2.75, 3.05) is 12.4 Å². The summed E-state index contributed by atoms with van der Waals surface area (Å²) in [4.78, 5) is 31.4. The van der Waals surface area contributed by atoms with Crippen molar-refractivity contribution in [1.29, 1.82) is 0 Å². The number of hydrogen-bond acceptors (Lipinski definition) is 6. The van der Waals surface area contributed by atoms with E-state index in [9.17, 15) is 9.59 Å². The van der Waals surface area contributed by atoms with Crippen LogP contribution in [-0.2, 0) is 0 Å². The van der Waals surface area contributed by atoms with Crippen LogP contribution in [0.1, 0.15) is 20.7 Å². The molecular formula is C15H10ClN3O4S. The number of halogens is 1. The number of rotatable bonds is 4. The molecular weight excluding hydrogens is 354 g/mol. The van der Waals surface area contributed by atoms with E-state index in [4.69, 9.17) is 21.4 Å². The molecule has 0 aliphatic rings. The van der Waals surface area contributed by atoms with Crippen molar-refractivity contribution in [3.8, 4) is 5.88 Å². The van der Waals surface area contributed by atoms with Gasteiger partial charge in [-0.2, -0.15) is 0 Å². The summed E-state index contributed by atoms with van der Waals surface area (Å²) in [6, 6.07) is 7.46. The minimum Gasteiger partial charge on any atom is -0.481 e. The van der Waals surface area contributed by atoms with Crippen molar-refractivity contribution in [2.45, 2.75) is 0 Å². The number of carboxylic acid groups (broad SMARTS) is 1. The van der Waals surface area contributed by atoms with Crippen LogP contribution in [0.15, 0.2) is 30.3 Å². The van der Waals surface area contributed by atoms with Gasteiger partial charge in [-0.15, -0.1) is 0 Å². The fraction of sp³-hybridized carbons (Fsp3) is 0.0667. The molecule has 0 aliphatic carbocycles. The van der Waals surface area contributed by atoms with E-state index in [1.54, 1.807) is 6.07 Å².